The van der Waals surface area contributed by atoms with Crippen molar-refractivity contribution in [1.82, 2.24) is 0 Å². The van der Waals surface area contributed by atoms with Crippen LogP contribution in [0.3, 0.4) is 0 Å². The Morgan fingerprint density at radius 3 is 2.35 bits per heavy atom. The van der Waals surface area contributed by atoms with E-state index in [-0.39, 0.29) is 5.78 Å². The van der Waals surface area contributed by atoms with Crippen LogP contribution in [-0.2, 0) is 0 Å². The summed E-state index contributed by atoms with van der Waals surface area (Å²) in [5, 5.41) is 3.43. The maximum atomic E-state index is 12.0. The zero-order valence-electron chi connectivity index (χ0n) is 12.4. The van der Waals surface area contributed by atoms with E-state index in [0.717, 1.165) is 23.4 Å². The zero-order valence-corrected chi connectivity index (χ0v) is 12.4. The van der Waals surface area contributed by atoms with Crippen LogP contribution in [0, 0.1) is 13.8 Å². The first-order valence-electron chi connectivity index (χ1n) is 7.08. The first-order valence-corrected chi connectivity index (χ1v) is 7.08. The van der Waals surface area contributed by atoms with Crippen LogP contribution in [0.15, 0.2) is 42.5 Å². The van der Waals surface area contributed by atoms with Gasteiger partial charge in [0.2, 0.25) is 0 Å². The van der Waals surface area contributed by atoms with Gasteiger partial charge in [-0.2, -0.15) is 0 Å². The van der Waals surface area contributed by atoms with Crippen LogP contribution in [-0.4, -0.2) is 5.78 Å². The molecular formula is C18H21NO. The van der Waals surface area contributed by atoms with Gasteiger partial charge in [0.1, 0.15) is 0 Å². The Morgan fingerprint density at radius 1 is 1.05 bits per heavy atom. The van der Waals surface area contributed by atoms with Gasteiger partial charge in [0.25, 0.3) is 0 Å². The Morgan fingerprint density at radius 2 is 1.70 bits per heavy atom. The summed E-state index contributed by atoms with van der Waals surface area (Å²) in [7, 11) is 0. The number of hydrogen-bond donors (Lipinski definition) is 1. The van der Waals surface area contributed by atoms with Gasteiger partial charge in [-0.3, -0.25) is 4.79 Å². The highest BCUT2D eigenvalue weighted by molar-refractivity contribution is 5.97. The number of carbonyl (C=O) groups excluding carboxylic acids is 1. The monoisotopic (exact) mass is 267 g/mol. The maximum absolute atomic E-state index is 12.0. The molecule has 0 heterocycles. The summed E-state index contributed by atoms with van der Waals surface area (Å²) in [6.45, 7) is 6.19. The van der Waals surface area contributed by atoms with E-state index in [9.17, 15) is 4.79 Å². The lowest BCUT2D eigenvalue weighted by molar-refractivity contribution is 0.0982. The number of Topliss-reactive ketones (excluding diaryl/α,β-unsaturated/α-hetero) is 1. The molecule has 104 valence electrons. The second-order valence-corrected chi connectivity index (χ2v) is 5.15. The van der Waals surface area contributed by atoms with Crippen molar-refractivity contribution >= 4 is 17.2 Å². The van der Waals surface area contributed by atoms with Crippen molar-refractivity contribution in [3.8, 4) is 0 Å². The quantitative estimate of drug-likeness (QED) is 0.770. The van der Waals surface area contributed by atoms with Crippen molar-refractivity contribution in [3.05, 3.63) is 59.2 Å². The molecule has 0 radical (unpaired) electrons. The summed E-state index contributed by atoms with van der Waals surface area (Å²) >= 11 is 0. The fourth-order valence-electron chi connectivity index (χ4n) is 2.30. The molecule has 0 atom stereocenters. The number of aryl methyl sites for hydroxylation is 2. The molecule has 0 spiro atoms. The molecule has 2 aromatic carbocycles. The predicted octanol–water partition coefficient (Wildman–Crippen LogP) is 5.03. The van der Waals surface area contributed by atoms with Crippen LogP contribution in [0.4, 0.5) is 11.4 Å². The summed E-state index contributed by atoms with van der Waals surface area (Å²) in [6, 6.07) is 14.0. The van der Waals surface area contributed by atoms with Gasteiger partial charge < -0.3 is 5.32 Å². The van der Waals surface area contributed by atoms with E-state index in [1.54, 1.807) is 0 Å². The minimum absolute atomic E-state index is 0.206. The zero-order chi connectivity index (χ0) is 14.5. The number of rotatable bonds is 5. The molecule has 0 aliphatic rings. The Bertz CT molecular complexity index is 596. The molecule has 2 nitrogen and oxygen atoms in total. The number of anilines is 2. The average Bonchev–Trinajstić information content (AvgIpc) is 2.44. The van der Waals surface area contributed by atoms with Crippen molar-refractivity contribution in [2.75, 3.05) is 5.32 Å². The van der Waals surface area contributed by atoms with Gasteiger partial charge in [0, 0.05) is 23.4 Å². The first kappa shape index (κ1) is 14.3. The molecule has 0 unspecified atom stereocenters. The number of benzene rings is 2. The van der Waals surface area contributed by atoms with E-state index in [2.05, 4.69) is 37.4 Å². The van der Waals surface area contributed by atoms with Crippen LogP contribution in [0.2, 0.25) is 0 Å². The number of hydrogen-bond acceptors (Lipinski definition) is 2. The average molecular weight is 267 g/mol. The molecule has 0 aliphatic heterocycles. The van der Waals surface area contributed by atoms with Gasteiger partial charge in [-0.05, 0) is 43.5 Å². The highest BCUT2D eigenvalue weighted by Crippen LogP contribution is 2.25. The van der Waals surface area contributed by atoms with E-state index in [0.29, 0.717) is 6.42 Å². The van der Waals surface area contributed by atoms with E-state index in [1.165, 1.54) is 11.1 Å². The largest absolute Gasteiger partial charge is 0.355 e. The minimum Gasteiger partial charge on any atom is -0.355 e. The second kappa shape index (κ2) is 6.38. The molecule has 0 saturated heterocycles. The van der Waals surface area contributed by atoms with Crippen LogP contribution < -0.4 is 5.32 Å². The molecule has 0 fully saturated rings. The van der Waals surface area contributed by atoms with Crippen molar-refractivity contribution in [1.29, 1.82) is 0 Å². The molecule has 20 heavy (non-hydrogen) atoms. The Hall–Kier alpha value is -2.09. The fourth-order valence-corrected chi connectivity index (χ4v) is 2.30. The maximum Gasteiger partial charge on any atom is 0.162 e. The Labute approximate surface area is 120 Å². The lowest BCUT2D eigenvalue weighted by atomic mass is 10.1. The SMILES string of the molecule is CCCC(=O)c1cccc(Nc2c(C)cccc2C)c1. The molecule has 2 rings (SSSR count). The van der Waals surface area contributed by atoms with Crippen molar-refractivity contribution in [2.24, 2.45) is 0 Å². The van der Waals surface area contributed by atoms with E-state index < -0.39 is 0 Å². The lowest BCUT2D eigenvalue weighted by Gasteiger charge is -2.13. The molecule has 0 saturated carbocycles. The second-order valence-electron chi connectivity index (χ2n) is 5.15. The standard InChI is InChI=1S/C18H21NO/c1-4-7-17(20)15-10-6-11-16(12-15)19-18-13(2)8-5-9-14(18)3/h5-6,8-12,19H,4,7H2,1-3H3. The van der Waals surface area contributed by atoms with E-state index >= 15 is 0 Å². The van der Waals surface area contributed by atoms with E-state index in [1.807, 2.05) is 31.2 Å². The van der Waals surface area contributed by atoms with Crippen molar-refractivity contribution in [3.63, 3.8) is 0 Å². The van der Waals surface area contributed by atoms with Crippen molar-refractivity contribution < 1.29 is 4.79 Å². The van der Waals surface area contributed by atoms with Crippen LogP contribution in [0.1, 0.15) is 41.3 Å². The molecule has 0 bridgehead atoms. The summed E-state index contributed by atoms with van der Waals surface area (Å²) in [4.78, 5) is 12.0. The minimum atomic E-state index is 0.206. The van der Waals surface area contributed by atoms with Gasteiger partial charge in [0.15, 0.2) is 5.78 Å². The normalized spacial score (nSPS) is 10.3. The molecule has 1 N–H and O–H groups in total. The Balaban J connectivity index is 2.26. The first-order chi connectivity index (χ1) is 9.61. The van der Waals surface area contributed by atoms with Crippen LogP contribution in [0.25, 0.3) is 0 Å². The molecule has 0 amide bonds. The number of carbonyl (C=O) groups is 1. The van der Waals surface area contributed by atoms with Gasteiger partial charge in [0.05, 0.1) is 0 Å². The Kier molecular flexibility index (Phi) is 4.57. The summed E-state index contributed by atoms with van der Waals surface area (Å²) in [5.41, 5.74) is 5.27. The summed E-state index contributed by atoms with van der Waals surface area (Å²) in [5.74, 6) is 0.206. The lowest BCUT2D eigenvalue weighted by Crippen LogP contribution is -2.00. The van der Waals surface area contributed by atoms with Crippen molar-refractivity contribution in [2.45, 2.75) is 33.6 Å². The molecule has 0 aromatic heterocycles. The third-order valence-corrected chi connectivity index (χ3v) is 3.41. The molecule has 2 aromatic rings. The fraction of sp³-hybridized carbons (Fsp3) is 0.278. The molecule has 2 heteroatoms. The van der Waals surface area contributed by atoms with Gasteiger partial charge >= 0.3 is 0 Å². The number of nitrogens with one attached hydrogen (secondary N) is 1. The van der Waals surface area contributed by atoms with Gasteiger partial charge in [-0.15, -0.1) is 0 Å². The van der Waals surface area contributed by atoms with E-state index in [4.69, 9.17) is 0 Å². The highest BCUT2D eigenvalue weighted by Gasteiger charge is 2.07. The third kappa shape index (κ3) is 3.27. The highest BCUT2D eigenvalue weighted by atomic mass is 16.1. The van der Waals surface area contributed by atoms with Crippen LogP contribution in [0.5, 0.6) is 0 Å². The summed E-state index contributed by atoms with van der Waals surface area (Å²) < 4.78 is 0. The predicted molar refractivity (Wildman–Crippen MR) is 84.9 cm³/mol. The van der Waals surface area contributed by atoms with Gasteiger partial charge in [-0.1, -0.05) is 37.3 Å². The molecular weight excluding hydrogens is 246 g/mol. The topological polar surface area (TPSA) is 29.1 Å². The smallest absolute Gasteiger partial charge is 0.162 e. The third-order valence-electron chi connectivity index (χ3n) is 3.41. The summed E-state index contributed by atoms with van der Waals surface area (Å²) in [6.07, 6.45) is 1.49. The van der Waals surface area contributed by atoms with Crippen LogP contribution >= 0.6 is 0 Å². The number of para-hydroxylation sites is 1. The molecule has 0 aliphatic carbocycles. The number of ketones is 1. The van der Waals surface area contributed by atoms with Gasteiger partial charge in [-0.25, -0.2) is 0 Å².